The topological polar surface area (TPSA) is 73.7 Å². The van der Waals surface area contributed by atoms with Crippen molar-refractivity contribution in [2.45, 2.75) is 13.1 Å². The Morgan fingerprint density at radius 2 is 1.96 bits per heavy atom. The molecule has 0 radical (unpaired) electrons. The molecule has 0 N–H and O–H groups in total. The summed E-state index contributed by atoms with van der Waals surface area (Å²) in [6, 6.07) is 10.9. The number of aromatic nitrogens is 2. The molecule has 0 atom stereocenters. The van der Waals surface area contributed by atoms with E-state index in [1.54, 1.807) is 24.1 Å². The summed E-state index contributed by atoms with van der Waals surface area (Å²) < 4.78 is 13.2. The van der Waals surface area contributed by atoms with Gasteiger partial charge in [-0.25, -0.2) is 4.98 Å². The molecule has 0 saturated carbocycles. The van der Waals surface area contributed by atoms with E-state index in [0.29, 0.717) is 42.2 Å². The van der Waals surface area contributed by atoms with Crippen LogP contribution in [0, 0.1) is 0 Å². The van der Waals surface area contributed by atoms with Crippen molar-refractivity contribution in [3.05, 3.63) is 63.1 Å². The fourth-order valence-corrected chi connectivity index (χ4v) is 3.42. The maximum atomic E-state index is 12.7. The Bertz CT molecular complexity index is 1110. The number of likely N-dealkylation sites (N-methyl/N-ethyl adjacent to an activating group) is 1. The second-order valence-corrected chi connectivity index (χ2v) is 7.48. The summed E-state index contributed by atoms with van der Waals surface area (Å²) in [5.74, 6) is 1.21. The highest BCUT2D eigenvalue weighted by Gasteiger charge is 2.16. The fourth-order valence-electron chi connectivity index (χ4n) is 3.06. The second-order valence-electron chi connectivity index (χ2n) is 6.57. The van der Waals surface area contributed by atoms with Crippen LogP contribution >= 0.6 is 15.9 Å². The van der Waals surface area contributed by atoms with Gasteiger partial charge in [0, 0.05) is 18.1 Å². The highest BCUT2D eigenvalue weighted by atomic mass is 79.9. The van der Waals surface area contributed by atoms with Crippen molar-refractivity contribution >= 4 is 32.7 Å². The van der Waals surface area contributed by atoms with E-state index >= 15 is 0 Å². The van der Waals surface area contributed by atoms with Gasteiger partial charge in [-0.15, -0.1) is 0 Å². The molecule has 0 unspecified atom stereocenters. The van der Waals surface area contributed by atoms with E-state index in [1.807, 2.05) is 24.3 Å². The minimum atomic E-state index is -0.243. The second kappa shape index (κ2) is 7.63. The van der Waals surface area contributed by atoms with Crippen LogP contribution in [0.3, 0.4) is 0 Å². The molecule has 3 aromatic rings. The van der Waals surface area contributed by atoms with Crippen molar-refractivity contribution in [1.82, 2.24) is 14.5 Å². The number of nitrogens with zero attached hydrogens (tertiary/aromatic N) is 3. The molecule has 1 aromatic heterocycles. The first-order valence-electron chi connectivity index (χ1n) is 8.78. The highest BCUT2D eigenvalue weighted by Crippen LogP contribution is 2.31. The number of benzene rings is 2. The molecule has 0 spiro atoms. The van der Waals surface area contributed by atoms with Gasteiger partial charge in [0.15, 0.2) is 11.5 Å². The normalized spacial score (nSPS) is 12.8. The highest BCUT2D eigenvalue weighted by molar-refractivity contribution is 9.10. The third-order valence-electron chi connectivity index (χ3n) is 4.54. The molecule has 0 aliphatic carbocycles. The van der Waals surface area contributed by atoms with Gasteiger partial charge < -0.3 is 14.4 Å². The van der Waals surface area contributed by atoms with E-state index in [2.05, 4.69) is 20.9 Å². The SMILES string of the molecule is CN(Cc1ccc2c(c1)OCCO2)C(=O)Cn1cnc2ccc(Br)cc2c1=O. The number of amides is 1. The third-order valence-corrected chi connectivity index (χ3v) is 5.04. The summed E-state index contributed by atoms with van der Waals surface area (Å²) >= 11 is 3.36. The lowest BCUT2D eigenvalue weighted by atomic mass is 10.2. The summed E-state index contributed by atoms with van der Waals surface area (Å²) in [6.45, 7) is 1.38. The van der Waals surface area contributed by atoms with E-state index in [9.17, 15) is 9.59 Å². The van der Waals surface area contributed by atoms with Gasteiger partial charge in [0.1, 0.15) is 19.8 Å². The van der Waals surface area contributed by atoms with Gasteiger partial charge in [-0.3, -0.25) is 14.2 Å². The first-order valence-corrected chi connectivity index (χ1v) is 9.58. The number of carbonyl (C=O) groups is 1. The molecule has 1 amide bonds. The average molecular weight is 444 g/mol. The van der Waals surface area contributed by atoms with Crippen molar-refractivity contribution in [3.8, 4) is 11.5 Å². The van der Waals surface area contributed by atoms with Crippen molar-refractivity contribution in [3.63, 3.8) is 0 Å². The van der Waals surface area contributed by atoms with Crippen molar-refractivity contribution in [1.29, 1.82) is 0 Å². The molecule has 0 saturated heterocycles. The minimum Gasteiger partial charge on any atom is -0.486 e. The zero-order chi connectivity index (χ0) is 19.7. The molecule has 2 heterocycles. The Morgan fingerprint density at radius 3 is 2.79 bits per heavy atom. The lowest BCUT2D eigenvalue weighted by Crippen LogP contribution is -2.33. The van der Waals surface area contributed by atoms with Gasteiger partial charge in [0.05, 0.1) is 17.2 Å². The molecule has 144 valence electrons. The molecular formula is C20H18BrN3O4. The number of hydrogen-bond acceptors (Lipinski definition) is 5. The molecular weight excluding hydrogens is 426 g/mol. The van der Waals surface area contributed by atoms with Gasteiger partial charge in [0.2, 0.25) is 5.91 Å². The monoisotopic (exact) mass is 443 g/mol. The molecule has 2 aromatic carbocycles. The first kappa shape index (κ1) is 18.5. The van der Waals surface area contributed by atoms with Gasteiger partial charge in [-0.1, -0.05) is 22.0 Å². The Hall–Kier alpha value is -2.87. The quantitative estimate of drug-likeness (QED) is 0.619. The van der Waals surface area contributed by atoms with Crippen molar-refractivity contribution < 1.29 is 14.3 Å². The lowest BCUT2D eigenvalue weighted by molar-refractivity contribution is -0.131. The number of halogens is 1. The van der Waals surface area contributed by atoms with Crippen LogP contribution in [-0.4, -0.2) is 40.6 Å². The predicted molar refractivity (Wildman–Crippen MR) is 108 cm³/mol. The average Bonchev–Trinajstić information content (AvgIpc) is 2.70. The molecule has 8 heteroatoms. The number of hydrogen-bond donors (Lipinski definition) is 0. The van der Waals surface area contributed by atoms with Gasteiger partial charge in [-0.05, 0) is 35.9 Å². The maximum absolute atomic E-state index is 12.7. The van der Waals surface area contributed by atoms with Crippen LogP contribution in [0.1, 0.15) is 5.56 Å². The van der Waals surface area contributed by atoms with Gasteiger partial charge >= 0.3 is 0 Å². The Kier molecular flexibility index (Phi) is 5.04. The maximum Gasteiger partial charge on any atom is 0.261 e. The molecule has 4 rings (SSSR count). The summed E-state index contributed by atoms with van der Waals surface area (Å²) in [7, 11) is 1.70. The molecule has 1 aliphatic rings. The van der Waals surface area contributed by atoms with Crippen LogP contribution < -0.4 is 15.0 Å². The van der Waals surface area contributed by atoms with E-state index in [4.69, 9.17) is 9.47 Å². The largest absolute Gasteiger partial charge is 0.486 e. The van der Waals surface area contributed by atoms with E-state index in [0.717, 1.165) is 10.0 Å². The summed E-state index contributed by atoms with van der Waals surface area (Å²) in [6.07, 6.45) is 1.41. The molecule has 0 fully saturated rings. The number of fused-ring (bicyclic) bond motifs is 2. The zero-order valence-corrected chi connectivity index (χ0v) is 16.8. The third kappa shape index (κ3) is 3.73. The molecule has 28 heavy (non-hydrogen) atoms. The van der Waals surface area contributed by atoms with E-state index < -0.39 is 0 Å². The van der Waals surface area contributed by atoms with E-state index in [1.165, 1.54) is 10.9 Å². The molecule has 1 aliphatic heterocycles. The fraction of sp³-hybridized carbons (Fsp3) is 0.250. The van der Waals surface area contributed by atoms with Crippen molar-refractivity contribution in [2.24, 2.45) is 0 Å². The Labute approximate surface area is 169 Å². The van der Waals surface area contributed by atoms with Gasteiger partial charge in [-0.2, -0.15) is 0 Å². The minimum absolute atomic E-state index is 0.0741. The van der Waals surface area contributed by atoms with Crippen LogP contribution in [0.4, 0.5) is 0 Å². The smallest absolute Gasteiger partial charge is 0.261 e. The van der Waals surface area contributed by atoms with E-state index in [-0.39, 0.29) is 18.0 Å². The van der Waals surface area contributed by atoms with Crippen LogP contribution in [0.25, 0.3) is 10.9 Å². The zero-order valence-electron chi connectivity index (χ0n) is 15.2. The molecule has 0 bridgehead atoms. The Morgan fingerprint density at radius 1 is 1.18 bits per heavy atom. The van der Waals surface area contributed by atoms with Crippen LogP contribution in [0.15, 0.2) is 52.0 Å². The standard InChI is InChI=1S/C20H18BrN3O4/c1-23(10-13-2-5-17-18(8-13)28-7-6-27-17)19(25)11-24-12-22-16-4-3-14(21)9-15(16)20(24)26/h2-5,8-9,12H,6-7,10-11H2,1H3. The lowest BCUT2D eigenvalue weighted by Gasteiger charge is -2.21. The van der Waals surface area contributed by atoms with Crippen LogP contribution in [0.2, 0.25) is 0 Å². The Balaban J connectivity index is 1.50. The summed E-state index contributed by atoms with van der Waals surface area (Å²) in [5, 5.41) is 0.471. The summed E-state index contributed by atoms with van der Waals surface area (Å²) in [5.41, 5.74) is 1.28. The van der Waals surface area contributed by atoms with Crippen LogP contribution in [0.5, 0.6) is 11.5 Å². The first-order chi connectivity index (χ1) is 13.5. The van der Waals surface area contributed by atoms with Crippen LogP contribution in [-0.2, 0) is 17.9 Å². The number of carbonyl (C=O) groups excluding carboxylic acids is 1. The van der Waals surface area contributed by atoms with Crippen molar-refractivity contribution in [2.75, 3.05) is 20.3 Å². The number of rotatable bonds is 4. The molecule has 7 nitrogen and oxygen atoms in total. The van der Waals surface area contributed by atoms with Gasteiger partial charge in [0.25, 0.3) is 5.56 Å². The predicted octanol–water partition coefficient (Wildman–Crippen LogP) is 2.59. The number of ether oxygens (including phenoxy) is 2. The summed E-state index contributed by atoms with van der Waals surface area (Å²) in [4.78, 5) is 31.1.